The minimum Gasteiger partial charge on any atom is -0.484 e. The summed E-state index contributed by atoms with van der Waals surface area (Å²) < 4.78 is 10.5. The fourth-order valence-corrected chi connectivity index (χ4v) is 2.55. The third-order valence-electron chi connectivity index (χ3n) is 3.70. The molecule has 0 radical (unpaired) electrons. The van der Waals surface area contributed by atoms with Crippen LogP contribution in [0.1, 0.15) is 36.4 Å². The second kappa shape index (κ2) is 8.00. The summed E-state index contributed by atoms with van der Waals surface area (Å²) in [5, 5.41) is 2.79. The van der Waals surface area contributed by atoms with Crippen LogP contribution in [0.15, 0.2) is 18.2 Å². The molecule has 1 aromatic carbocycles. The zero-order valence-corrected chi connectivity index (χ0v) is 12.6. The van der Waals surface area contributed by atoms with Crippen LogP contribution < -0.4 is 15.8 Å². The quantitative estimate of drug-likeness (QED) is 0.748. The van der Waals surface area contributed by atoms with Crippen molar-refractivity contribution < 1.29 is 14.3 Å². The predicted molar refractivity (Wildman–Crippen MR) is 81.3 cm³/mol. The number of methoxy groups -OCH3 is 1. The molecule has 0 saturated heterocycles. The molecule has 0 aromatic heterocycles. The van der Waals surface area contributed by atoms with E-state index in [0.29, 0.717) is 18.9 Å². The number of benzene rings is 1. The highest BCUT2D eigenvalue weighted by Gasteiger charge is 2.17. The summed E-state index contributed by atoms with van der Waals surface area (Å²) in [6.45, 7) is 1.27. The molecule has 0 aliphatic heterocycles. The number of carbonyl (C=O) groups is 1. The normalized spacial score (nSPS) is 17.1. The topological polar surface area (TPSA) is 73.6 Å². The summed E-state index contributed by atoms with van der Waals surface area (Å²) in [6, 6.07) is 6.02. The van der Waals surface area contributed by atoms with E-state index in [1.54, 1.807) is 7.11 Å². The molecule has 1 aliphatic rings. The van der Waals surface area contributed by atoms with Crippen LogP contribution in [-0.4, -0.2) is 32.8 Å². The highest BCUT2D eigenvalue weighted by atomic mass is 16.5. The smallest absolute Gasteiger partial charge is 0.257 e. The molecule has 1 amide bonds. The first-order valence-electron chi connectivity index (χ1n) is 7.47. The number of amides is 1. The molecule has 21 heavy (non-hydrogen) atoms. The molecule has 1 atom stereocenters. The number of carbonyl (C=O) groups excluding carboxylic acids is 1. The highest BCUT2D eigenvalue weighted by Crippen LogP contribution is 2.30. The Morgan fingerprint density at radius 1 is 1.48 bits per heavy atom. The molecule has 1 aliphatic carbocycles. The third kappa shape index (κ3) is 4.72. The maximum atomic E-state index is 11.6. The van der Waals surface area contributed by atoms with E-state index >= 15 is 0 Å². The lowest BCUT2D eigenvalue weighted by Gasteiger charge is -2.22. The van der Waals surface area contributed by atoms with Crippen molar-refractivity contribution in [3.63, 3.8) is 0 Å². The second-order valence-corrected chi connectivity index (χ2v) is 5.34. The molecule has 1 aromatic rings. The Balaban J connectivity index is 1.81. The zero-order chi connectivity index (χ0) is 15.1. The lowest BCUT2D eigenvalue weighted by molar-refractivity contribution is -0.123. The molecular formula is C16H24N2O3. The maximum Gasteiger partial charge on any atom is 0.257 e. The van der Waals surface area contributed by atoms with Gasteiger partial charge in [0.15, 0.2) is 6.61 Å². The average molecular weight is 292 g/mol. The van der Waals surface area contributed by atoms with Crippen molar-refractivity contribution in [2.45, 2.75) is 31.7 Å². The van der Waals surface area contributed by atoms with Gasteiger partial charge in [0.2, 0.25) is 0 Å². The van der Waals surface area contributed by atoms with Gasteiger partial charge in [0.05, 0.1) is 0 Å². The maximum absolute atomic E-state index is 11.6. The van der Waals surface area contributed by atoms with Crippen LogP contribution in [0.2, 0.25) is 0 Å². The second-order valence-electron chi connectivity index (χ2n) is 5.34. The Labute approximate surface area is 125 Å². The van der Waals surface area contributed by atoms with E-state index in [9.17, 15) is 4.79 Å². The van der Waals surface area contributed by atoms with Gasteiger partial charge in [0.1, 0.15) is 5.75 Å². The van der Waals surface area contributed by atoms with Crippen LogP contribution in [0.3, 0.4) is 0 Å². The summed E-state index contributed by atoms with van der Waals surface area (Å²) in [5.41, 5.74) is 8.57. The molecule has 1 unspecified atom stereocenters. The number of hydrogen-bond acceptors (Lipinski definition) is 4. The lowest BCUT2D eigenvalue weighted by atomic mass is 9.88. The van der Waals surface area contributed by atoms with Gasteiger partial charge < -0.3 is 20.5 Å². The Kier molecular flexibility index (Phi) is 6.02. The van der Waals surface area contributed by atoms with Crippen molar-refractivity contribution in [2.24, 2.45) is 5.73 Å². The van der Waals surface area contributed by atoms with Crippen LogP contribution in [0.4, 0.5) is 0 Å². The minimum absolute atomic E-state index is 0.0288. The average Bonchev–Trinajstić information content (AvgIpc) is 2.50. The van der Waals surface area contributed by atoms with E-state index in [1.807, 2.05) is 12.1 Å². The molecule has 0 saturated carbocycles. The standard InChI is InChI=1S/C16H24N2O3/c1-20-9-3-8-18-16(19)11-21-13-7-6-12-4-2-5-15(17)14(12)10-13/h6-7,10,15H,2-5,8-9,11,17H2,1H3,(H,18,19). The number of aryl methyl sites for hydroxylation is 1. The molecule has 0 fully saturated rings. The van der Waals surface area contributed by atoms with Crippen molar-refractivity contribution in [1.29, 1.82) is 0 Å². The zero-order valence-electron chi connectivity index (χ0n) is 12.6. The number of nitrogens with one attached hydrogen (secondary N) is 1. The van der Waals surface area contributed by atoms with Crippen molar-refractivity contribution in [2.75, 3.05) is 26.9 Å². The molecule has 3 N–H and O–H groups in total. The first kappa shape index (κ1) is 15.8. The number of nitrogens with two attached hydrogens (primary N) is 1. The van der Waals surface area contributed by atoms with Gasteiger partial charge in [-0.15, -0.1) is 0 Å². The van der Waals surface area contributed by atoms with Crippen LogP contribution in [-0.2, 0) is 16.0 Å². The number of hydrogen-bond donors (Lipinski definition) is 2. The Morgan fingerprint density at radius 2 is 2.33 bits per heavy atom. The fourth-order valence-electron chi connectivity index (χ4n) is 2.55. The monoisotopic (exact) mass is 292 g/mol. The van der Waals surface area contributed by atoms with Gasteiger partial charge in [0.25, 0.3) is 5.91 Å². The van der Waals surface area contributed by atoms with Crippen LogP contribution in [0.5, 0.6) is 5.75 Å². The van der Waals surface area contributed by atoms with Crippen molar-refractivity contribution in [1.82, 2.24) is 5.32 Å². The molecular weight excluding hydrogens is 268 g/mol. The van der Waals surface area contributed by atoms with E-state index in [0.717, 1.165) is 31.2 Å². The summed E-state index contributed by atoms with van der Waals surface area (Å²) >= 11 is 0. The number of fused-ring (bicyclic) bond motifs is 1. The van der Waals surface area contributed by atoms with E-state index in [1.165, 1.54) is 5.56 Å². The molecule has 0 bridgehead atoms. The van der Waals surface area contributed by atoms with Gasteiger partial charge in [-0.2, -0.15) is 0 Å². The lowest BCUT2D eigenvalue weighted by Crippen LogP contribution is -2.30. The summed E-state index contributed by atoms with van der Waals surface area (Å²) in [4.78, 5) is 11.6. The van der Waals surface area contributed by atoms with E-state index in [-0.39, 0.29) is 18.6 Å². The van der Waals surface area contributed by atoms with Crippen LogP contribution >= 0.6 is 0 Å². The highest BCUT2D eigenvalue weighted by molar-refractivity contribution is 5.77. The Bertz CT molecular complexity index is 477. The van der Waals surface area contributed by atoms with Gasteiger partial charge >= 0.3 is 0 Å². The van der Waals surface area contributed by atoms with E-state index < -0.39 is 0 Å². The first-order chi connectivity index (χ1) is 10.2. The Morgan fingerprint density at radius 3 is 3.14 bits per heavy atom. The summed E-state index contributed by atoms with van der Waals surface area (Å²) in [6.07, 6.45) is 4.02. The minimum atomic E-state index is -0.117. The van der Waals surface area contributed by atoms with Gasteiger partial charge in [-0.25, -0.2) is 0 Å². The van der Waals surface area contributed by atoms with Gasteiger partial charge in [0, 0.05) is 26.3 Å². The van der Waals surface area contributed by atoms with Gasteiger partial charge in [-0.3, -0.25) is 4.79 Å². The molecule has 5 heteroatoms. The molecule has 5 nitrogen and oxygen atoms in total. The van der Waals surface area contributed by atoms with Crippen LogP contribution in [0, 0.1) is 0 Å². The van der Waals surface area contributed by atoms with Crippen LogP contribution in [0.25, 0.3) is 0 Å². The largest absolute Gasteiger partial charge is 0.484 e. The van der Waals surface area contributed by atoms with E-state index in [2.05, 4.69) is 11.4 Å². The van der Waals surface area contributed by atoms with Gasteiger partial charge in [-0.1, -0.05) is 6.07 Å². The number of rotatable bonds is 7. The van der Waals surface area contributed by atoms with E-state index in [4.69, 9.17) is 15.2 Å². The fraction of sp³-hybridized carbons (Fsp3) is 0.562. The predicted octanol–water partition coefficient (Wildman–Crippen LogP) is 1.55. The van der Waals surface area contributed by atoms with Crippen molar-refractivity contribution in [3.05, 3.63) is 29.3 Å². The van der Waals surface area contributed by atoms with Crippen molar-refractivity contribution in [3.8, 4) is 5.75 Å². The number of ether oxygens (including phenoxy) is 2. The van der Waals surface area contributed by atoms with Gasteiger partial charge in [-0.05, 0) is 48.9 Å². The van der Waals surface area contributed by atoms with Crippen molar-refractivity contribution >= 4 is 5.91 Å². The first-order valence-corrected chi connectivity index (χ1v) is 7.47. The summed E-state index contributed by atoms with van der Waals surface area (Å²) in [7, 11) is 1.64. The Hall–Kier alpha value is -1.59. The summed E-state index contributed by atoms with van der Waals surface area (Å²) in [5.74, 6) is 0.589. The molecule has 0 spiro atoms. The SMILES string of the molecule is COCCCNC(=O)COc1ccc2c(c1)C(N)CCC2. The molecule has 2 rings (SSSR count). The molecule has 116 valence electrons. The molecule has 0 heterocycles. The third-order valence-corrected chi connectivity index (χ3v) is 3.70.